The van der Waals surface area contributed by atoms with E-state index in [-0.39, 0.29) is 17.9 Å². The Kier molecular flexibility index (Phi) is 7.84. The molecule has 1 fully saturated rings. The Hall–Kier alpha value is -3.52. The van der Waals surface area contributed by atoms with Gasteiger partial charge in [0, 0.05) is 37.1 Å². The lowest BCUT2D eigenvalue weighted by Crippen LogP contribution is -2.44. The minimum Gasteiger partial charge on any atom is -0.493 e. The van der Waals surface area contributed by atoms with E-state index in [0.29, 0.717) is 23.0 Å². The molecule has 1 saturated heterocycles. The molecule has 2 aromatic rings. The van der Waals surface area contributed by atoms with Gasteiger partial charge in [-0.25, -0.2) is 5.01 Å². The van der Waals surface area contributed by atoms with E-state index in [1.54, 1.807) is 40.4 Å². The van der Waals surface area contributed by atoms with Crippen LogP contribution in [-0.4, -0.2) is 69.6 Å². The van der Waals surface area contributed by atoms with Crippen molar-refractivity contribution in [1.29, 1.82) is 0 Å². The molecule has 0 bridgehead atoms. The van der Waals surface area contributed by atoms with Crippen molar-refractivity contribution < 1.29 is 23.7 Å². The molecule has 8 heteroatoms. The maximum absolute atomic E-state index is 12.9. The number of fused-ring (bicyclic) bond motifs is 1. The molecule has 2 unspecified atom stereocenters. The highest BCUT2D eigenvalue weighted by Gasteiger charge is 2.46. The summed E-state index contributed by atoms with van der Waals surface area (Å²) in [7, 11) is 6.52. The van der Waals surface area contributed by atoms with Crippen LogP contribution in [0.5, 0.6) is 23.0 Å². The number of benzene rings is 2. The Balaban J connectivity index is 1.86. The number of hydrazone groups is 1. The highest BCUT2D eigenvalue weighted by molar-refractivity contribution is 6.09. The van der Waals surface area contributed by atoms with Gasteiger partial charge >= 0.3 is 0 Å². The third-order valence-electron chi connectivity index (χ3n) is 6.77. The summed E-state index contributed by atoms with van der Waals surface area (Å²) in [6, 6.07) is 11.3. The molecule has 0 radical (unpaired) electrons. The molecule has 4 rings (SSSR count). The lowest BCUT2D eigenvalue weighted by Gasteiger charge is -2.36. The number of methoxy groups -OCH3 is 4. The number of rotatable bonds is 8. The second-order valence-corrected chi connectivity index (χ2v) is 8.97. The number of para-hydroxylation sites is 2. The number of hydrogen-bond acceptors (Lipinski definition) is 7. The van der Waals surface area contributed by atoms with Gasteiger partial charge in [-0.15, -0.1) is 0 Å². The molecular weight excluding hydrogens is 458 g/mol. The van der Waals surface area contributed by atoms with Gasteiger partial charge in [-0.2, -0.15) is 5.10 Å². The SMILES string of the molecule is CCCN1C/C(=C/c2cccc(OC)c2OC)C2=NN(C(C)=O)C(c3cccc(OC)c3OC)C2C1. The highest BCUT2D eigenvalue weighted by atomic mass is 16.5. The fourth-order valence-corrected chi connectivity index (χ4v) is 5.30. The van der Waals surface area contributed by atoms with Crippen LogP contribution >= 0.6 is 0 Å². The summed E-state index contributed by atoms with van der Waals surface area (Å²) in [5, 5.41) is 6.51. The maximum atomic E-state index is 12.9. The molecule has 2 atom stereocenters. The van der Waals surface area contributed by atoms with E-state index in [2.05, 4.69) is 17.9 Å². The normalized spacial score (nSPS) is 20.7. The molecule has 0 aliphatic carbocycles. The Morgan fingerprint density at radius 2 is 1.67 bits per heavy atom. The number of carbonyl (C=O) groups is 1. The van der Waals surface area contributed by atoms with Gasteiger partial charge in [0.15, 0.2) is 23.0 Å². The van der Waals surface area contributed by atoms with Crippen molar-refractivity contribution in [1.82, 2.24) is 9.91 Å². The van der Waals surface area contributed by atoms with Crippen molar-refractivity contribution in [3.05, 3.63) is 53.1 Å². The number of amides is 1. The van der Waals surface area contributed by atoms with Crippen LogP contribution < -0.4 is 18.9 Å². The molecule has 8 nitrogen and oxygen atoms in total. The predicted octanol–water partition coefficient (Wildman–Crippen LogP) is 4.41. The Morgan fingerprint density at radius 1 is 1.00 bits per heavy atom. The van der Waals surface area contributed by atoms with E-state index in [1.165, 1.54) is 0 Å². The van der Waals surface area contributed by atoms with Crippen LogP contribution in [0.15, 0.2) is 47.1 Å². The van der Waals surface area contributed by atoms with Gasteiger partial charge in [0.1, 0.15) is 0 Å². The Morgan fingerprint density at radius 3 is 2.28 bits per heavy atom. The fourth-order valence-electron chi connectivity index (χ4n) is 5.30. The molecule has 0 spiro atoms. The van der Waals surface area contributed by atoms with Crippen LogP contribution in [0.3, 0.4) is 0 Å². The molecule has 2 aliphatic rings. The topological polar surface area (TPSA) is 72.8 Å². The summed E-state index contributed by atoms with van der Waals surface area (Å²) in [6.45, 7) is 6.19. The number of ether oxygens (including phenoxy) is 4. The van der Waals surface area contributed by atoms with Crippen molar-refractivity contribution in [2.24, 2.45) is 11.0 Å². The zero-order valence-corrected chi connectivity index (χ0v) is 21.9. The highest BCUT2D eigenvalue weighted by Crippen LogP contribution is 2.46. The summed E-state index contributed by atoms with van der Waals surface area (Å²) < 4.78 is 22.5. The first-order valence-corrected chi connectivity index (χ1v) is 12.2. The Labute approximate surface area is 213 Å². The Bertz CT molecular complexity index is 1180. The molecule has 0 saturated carbocycles. The molecule has 2 aromatic carbocycles. The average molecular weight is 494 g/mol. The number of piperidine rings is 1. The quantitative estimate of drug-likeness (QED) is 0.543. The molecule has 1 amide bonds. The number of likely N-dealkylation sites (tertiary alicyclic amines) is 1. The minimum absolute atomic E-state index is 0.0296. The van der Waals surface area contributed by atoms with Crippen LogP contribution in [0, 0.1) is 5.92 Å². The van der Waals surface area contributed by atoms with E-state index >= 15 is 0 Å². The lowest BCUT2D eigenvalue weighted by molar-refractivity contribution is -0.131. The van der Waals surface area contributed by atoms with Crippen LogP contribution in [0.4, 0.5) is 0 Å². The molecule has 0 N–H and O–H groups in total. The van der Waals surface area contributed by atoms with E-state index < -0.39 is 0 Å². The minimum atomic E-state index is -0.308. The van der Waals surface area contributed by atoms with E-state index in [1.807, 2.05) is 36.4 Å². The van der Waals surface area contributed by atoms with Crippen LogP contribution in [0.2, 0.25) is 0 Å². The predicted molar refractivity (Wildman–Crippen MR) is 140 cm³/mol. The van der Waals surface area contributed by atoms with Crippen LogP contribution in [0.25, 0.3) is 6.08 Å². The van der Waals surface area contributed by atoms with E-state index in [9.17, 15) is 4.79 Å². The van der Waals surface area contributed by atoms with Crippen LogP contribution in [0.1, 0.15) is 37.4 Å². The van der Waals surface area contributed by atoms with Gasteiger partial charge in [-0.1, -0.05) is 31.2 Å². The molecular formula is C28H35N3O5. The van der Waals surface area contributed by atoms with E-state index in [0.717, 1.165) is 48.5 Å². The molecule has 2 heterocycles. The molecule has 0 aromatic heterocycles. The zero-order valence-electron chi connectivity index (χ0n) is 21.9. The van der Waals surface area contributed by atoms with Crippen molar-refractivity contribution in [3.63, 3.8) is 0 Å². The van der Waals surface area contributed by atoms with Crippen molar-refractivity contribution >= 4 is 17.7 Å². The van der Waals surface area contributed by atoms with Crippen molar-refractivity contribution in [2.45, 2.75) is 26.3 Å². The first-order chi connectivity index (χ1) is 17.5. The molecule has 192 valence electrons. The maximum Gasteiger partial charge on any atom is 0.240 e. The first-order valence-electron chi connectivity index (χ1n) is 12.2. The van der Waals surface area contributed by atoms with Gasteiger partial charge in [-0.3, -0.25) is 9.69 Å². The fraction of sp³-hybridized carbons (Fsp3) is 0.429. The summed E-state index contributed by atoms with van der Waals surface area (Å²) in [5.74, 6) is 2.45. The first kappa shape index (κ1) is 25.6. The van der Waals surface area contributed by atoms with Gasteiger partial charge in [0.2, 0.25) is 5.91 Å². The lowest BCUT2D eigenvalue weighted by atomic mass is 9.82. The summed E-state index contributed by atoms with van der Waals surface area (Å²) in [6.07, 6.45) is 3.14. The van der Waals surface area contributed by atoms with Gasteiger partial charge in [-0.05, 0) is 36.7 Å². The largest absolute Gasteiger partial charge is 0.493 e. The molecule has 2 aliphatic heterocycles. The van der Waals surface area contributed by atoms with E-state index in [4.69, 9.17) is 24.0 Å². The molecule has 36 heavy (non-hydrogen) atoms. The second kappa shape index (κ2) is 11.0. The van der Waals surface area contributed by atoms with Gasteiger partial charge in [0.05, 0.1) is 40.2 Å². The van der Waals surface area contributed by atoms with Gasteiger partial charge in [0.25, 0.3) is 0 Å². The zero-order chi connectivity index (χ0) is 25.8. The third-order valence-corrected chi connectivity index (χ3v) is 6.77. The average Bonchev–Trinajstić information content (AvgIpc) is 3.28. The van der Waals surface area contributed by atoms with Gasteiger partial charge < -0.3 is 18.9 Å². The second-order valence-electron chi connectivity index (χ2n) is 8.97. The number of nitrogens with zero attached hydrogens (tertiary/aromatic N) is 3. The number of hydrogen-bond donors (Lipinski definition) is 0. The summed E-state index contributed by atoms with van der Waals surface area (Å²) in [4.78, 5) is 15.3. The van der Waals surface area contributed by atoms with Crippen LogP contribution in [-0.2, 0) is 4.79 Å². The summed E-state index contributed by atoms with van der Waals surface area (Å²) >= 11 is 0. The third kappa shape index (κ3) is 4.65. The summed E-state index contributed by atoms with van der Waals surface area (Å²) in [5.41, 5.74) is 3.76. The smallest absolute Gasteiger partial charge is 0.240 e. The standard InChI is InChI=1S/C28H35N3O5/c1-7-14-30-16-20(15-19-10-8-12-23(33-3)27(19)35-5)25-22(17-30)26(31(29-25)18(2)32)21-11-9-13-24(34-4)28(21)36-6/h8-13,15,22,26H,7,14,16-17H2,1-6H3/b20-15-. The number of carbonyl (C=O) groups excluding carboxylic acids is 1. The van der Waals surface area contributed by atoms with Crippen molar-refractivity contribution in [2.75, 3.05) is 48.1 Å². The monoisotopic (exact) mass is 493 g/mol. The van der Waals surface area contributed by atoms with Crippen molar-refractivity contribution in [3.8, 4) is 23.0 Å².